The first kappa shape index (κ1) is 29.6. The summed E-state index contributed by atoms with van der Waals surface area (Å²) in [6, 6.07) is 7.52. The Hall–Kier alpha value is -2.41. The summed E-state index contributed by atoms with van der Waals surface area (Å²) in [6.07, 6.45) is -5.31. The Balaban J connectivity index is 1.46. The van der Waals surface area contributed by atoms with Crippen LogP contribution in [0.5, 0.6) is 0 Å². The lowest BCUT2D eigenvalue weighted by atomic mass is 9.68. The molecular formula is C24H19Cl3F4N2O5S. The summed E-state index contributed by atoms with van der Waals surface area (Å²) in [5, 5.41) is 5.12. The molecule has 0 bridgehead atoms. The Morgan fingerprint density at radius 2 is 1.64 bits per heavy atom. The zero-order chi connectivity index (χ0) is 29.0. The highest BCUT2D eigenvalue weighted by Crippen LogP contribution is 2.51. The van der Waals surface area contributed by atoms with Gasteiger partial charge in [0.2, 0.25) is 11.8 Å². The van der Waals surface area contributed by atoms with Gasteiger partial charge in [-0.05, 0) is 36.1 Å². The van der Waals surface area contributed by atoms with E-state index in [1.807, 2.05) is 5.32 Å². The Morgan fingerprint density at radius 1 is 1.08 bits per heavy atom. The van der Waals surface area contributed by atoms with Gasteiger partial charge >= 0.3 is 6.18 Å². The molecule has 1 fully saturated rings. The number of sulfone groups is 1. The van der Waals surface area contributed by atoms with E-state index < -0.39 is 57.2 Å². The second kappa shape index (κ2) is 10.2. The number of hydrogen-bond acceptors (Lipinski definition) is 6. The van der Waals surface area contributed by atoms with E-state index in [9.17, 15) is 31.2 Å². The molecule has 1 aliphatic carbocycles. The van der Waals surface area contributed by atoms with E-state index in [1.165, 1.54) is 24.3 Å². The van der Waals surface area contributed by atoms with Crippen molar-refractivity contribution in [3.8, 4) is 0 Å². The summed E-state index contributed by atoms with van der Waals surface area (Å²) in [5.41, 5.74) is -4.80. The molecule has 15 heteroatoms. The largest absolute Gasteiger partial charge is 0.435 e. The van der Waals surface area contributed by atoms with Crippen molar-refractivity contribution >= 4 is 62.2 Å². The van der Waals surface area contributed by atoms with Crippen LogP contribution in [0, 0.1) is 5.92 Å². The van der Waals surface area contributed by atoms with E-state index in [0.29, 0.717) is 0 Å². The molecular weight excluding hydrogens is 611 g/mol. The van der Waals surface area contributed by atoms with E-state index in [1.54, 1.807) is 0 Å². The molecule has 2 aromatic rings. The average molecular weight is 630 g/mol. The Kier molecular flexibility index (Phi) is 7.74. The van der Waals surface area contributed by atoms with E-state index in [4.69, 9.17) is 39.6 Å². The van der Waals surface area contributed by atoms with Gasteiger partial charge in [-0.25, -0.2) is 12.8 Å². The van der Waals surface area contributed by atoms with Crippen LogP contribution in [0.3, 0.4) is 0 Å². The lowest BCUT2D eigenvalue weighted by Gasteiger charge is -2.40. The summed E-state index contributed by atoms with van der Waals surface area (Å²) in [7, 11) is -3.63. The quantitative estimate of drug-likeness (QED) is 0.336. The Morgan fingerprint density at radius 3 is 2.15 bits per heavy atom. The predicted octanol–water partition coefficient (Wildman–Crippen LogP) is 5.49. The SMILES string of the molecule is CS(=O)(=O)CC(=O)NC(=O)C1CC(F)(c2ccc(C3=NOC(c4cc(Cl)c(Cl)c(Cl)c4)(C(F)(F)F)C3)cc2)C1. The fourth-order valence-corrected chi connectivity index (χ4v) is 5.61. The highest BCUT2D eigenvalue weighted by Gasteiger charge is 2.62. The summed E-state index contributed by atoms with van der Waals surface area (Å²) in [6.45, 7) is 0. The van der Waals surface area contributed by atoms with Crippen molar-refractivity contribution in [2.75, 3.05) is 12.0 Å². The molecule has 1 aliphatic heterocycles. The van der Waals surface area contributed by atoms with Crippen molar-refractivity contribution < 1.29 is 40.4 Å². The normalized spacial score (nSPS) is 24.9. The molecule has 2 aromatic carbocycles. The van der Waals surface area contributed by atoms with E-state index in [-0.39, 0.29) is 50.3 Å². The minimum Gasteiger partial charge on any atom is -0.374 e. The Labute approximate surface area is 235 Å². The molecule has 1 atom stereocenters. The highest BCUT2D eigenvalue weighted by molar-refractivity contribution is 7.91. The van der Waals surface area contributed by atoms with Gasteiger partial charge in [0.05, 0.1) is 20.8 Å². The lowest BCUT2D eigenvalue weighted by Crippen LogP contribution is -2.48. The molecule has 1 saturated carbocycles. The third-order valence-electron chi connectivity index (χ3n) is 6.54. The molecule has 0 aromatic heterocycles. The number of nitrogens with zero attached hydrogens (tertiary/aromatic N) is 1. The maximum atomic E-state index is 15.4. The monoisotopic (exact) mass is 628 g/mol. The van der Waals surface area contributed by atoms with E-state index in [2.05, 4.69) is 5.16 Å². The fourth-order valence-electron chi connectivity index (χ4n) is 4.46. The lowest BCUT2D eigenvalue weighted by molar-refractivity contribution is -0.275. The molecule has 2 aliphatic rings. The maximum absolute atomic E-state index is 15.4. The number of carbonyl (C=O) groups excluding carboxylic acids is 2. The molecule has 0 spiro atoms. The van der Waals surface area contributed by atoms with Gasteiger partial charge in [0.25, 0.3) is 5.60 Å². The van der Waals surface area contributed by atoms with Crippen LogP contribution in [0.1, 0.15) is 36.0 Å². The molecule has 0 saturated heterocycles. The van der Waals surface area contributed by atoms with E-state index >= 15 is 4.39 Å². The third-order valence-corrected chi connectivity index (χ3v) is 8.52. The van der Waals surface area contributed by atoms with Crippen LogP contribution in [-0.2, 0) is 35.5 Å². The van der Waals surface area contributed by atoms with Crippen molar-refractivity contribution in [2.24, 2.45) is 11.1 Å². The van der Waals surface area contributed by atoms with Gasteiger partial charge < -0.3 is 4.84 Å². The van der Waals surface area contributed by atoms with Crippen LogP contribution in [0.15, 0.2) is 41.6 Å². The van der Waals surface area contributed by atoms with Crippen LogP contribution >= 0.6 is 34.8 Å². The number of nitrogens with one attached hydrogen (secondary N) is 1. The highest BCUT2D eigenvalue weighted by atomic mass is 35.5. The molecule has 210 valence electrons. The third kappa shape index (κ3) is 5.89. The second-order valence-corrected chi connectivity index (χ2v) is 12.8. The number of hydrogen-bond donors (Lipinski definition) is 1. The minimum absolute atomic E-state index is 0.0516. The van der Waals surface area contributed by atoms with Gasteiger partial charge in [-0.15, -0.1) is 0 Å². The number of rotatable bonds is 6. The molecule has 2 amide bonds. The average Bonchev–Trinajstić information content (AvgIpc) is 3.26. The van der Waals surface area contributed by atoms with Gasteiger partial charge in [0, 0.05) is 24.2 Å². The van der Waals surface area contributed by atoms with Crippen LogP contribution < -0.4 is 5.32 Å². The summed E-state index contributed by atoms with van der Waals surface area (Å²) in [5.74, 6) is -3.50. The Bertz CT molecular complexity index is 1450. The van der Waals surface area contributed by atoms with Crippen molar-refractivity contribution in [2.45, 2.75) is 36.7 Å². The predicted molar refractivity (Wildman–Crippen MR) is 136 cm³/mol. The molecule has 1 N–H and O–H groups in total. The molecule has 4 rings (SSSR count). The van der Waals surface area contributed by atoms with Gasteiger partial charge in [-0.3, -0.25) is 14.9 Å². The van der Waals surface area contributed by atoms with Crippen LogP contribution in [0.25, 0.3) is 0 Å². The number of imide groups is 1. The number of oxime groups is 1. The molecule has 39 heavy (non-hydrogen) atoms. The number of amides is 2. The first-order valence-electron chi connectivity index (χ1n) is 11.2. The van der Waals surface area contributed by atoms with Crippen molar-refractivity contribution in [3.63, 3.8) is 0 Å². The summed E-state index contributed by atoms with van der Waals surface area (Å²) in [4.78, 5) is 28.7. The molecule has 0 radical (unpaired) electrons. The van der Waals surface area contributed by atoms with Crippen molar-refractivity contribution in [3.05, 3.63) is 68.2 Å². The topological polar surface area (TPSA) is 102 Å². The number of benzene rings is 2. The molecule has 7 nitrogen and oxygen atoms in total. The number of carbonyl (C=O) groups is 2. The van der Waals surface area contributed by atoms with Gasteiger partial charge in [-0.2, -0.15) is 13.2 Å². The number of alkyl halides is 4. The standard InChI is InChI=1S/C24H19Cl3F4N2O5S/c1-39(36,37)11-19(34)32-21(35)13-8-22(28,9-13)14-4-2-12(3-5-14)18-10-23(38-33-18,24(29,30)31)15-6-16(25)20(27)17(26)7-15/h2-7,13H,8-11H2,1H3,(H,32,34,35). The first-order chi connectivity index (χ1) is 17.9. The van der Waals surface area contributed by atoms with Crippen LogP contribution in [-0.4, -0.2) is 44.1 Å². The second-order valence-electron chi connectivity index (χ2n) is 9.52. The summed E-state index contributed by atoms with van der Waals surface area (Å²) >= 11 is 17.8. The van der Waals surface area contributed by atoms with Gasteiger partial charge in [-0.1, -0.05) is 64.2 Å². The summed E-state index contributed by atoms with van der Waals surface area (Å²) < 4.78 is 80.4. The molecule has 1 unspecified atom stereocenters. The van der Waals surface area contributed by atoms with Crippen LogP contribution in [0.2, 0.25) is 15.1 Å². The minimum atomic E-state index is -4.91. The molecule has 1 heterocycles. The van der Waals surface area contributed by atoms with Crippen molar-refractivity contribution in [1.29, 1.82) is 0 Å². The van der Waals surface area contributed by atoms with Gasteiger partial charge in [0.1, 0.15) is 11.4 Å². The van der Waals surface area contributed by atoms with E-state index in [0.717, 1.165) is 18.4 Å². The van der Waals surface area contributed by atoms with Crippen LogP contribution in [0.4, 0.5) is 17.6 Å². The first-order valence-corrected chi connectivity index (χ1v) is 14.4. The number of halogens is 7. The van der Waals surface area contributed by atoms with Crippen molar-refractivity contribution in [1.82, 2.24) is 5.32 Å². The fraction of sp³-hybridized carbons (Fsp3) is 0.375. The smallest absolute Gasteiger partial charge is 0.374 e. The van der Waals surface area contributed by atoms with Gasteiger partial charge in [0.15, 0.2) is 9.84 Å². The zero-order valence-corrected chi connectivity index (χ0v) is 23.0. The zero-order valence-electron chi connectivity index (χ0n) is 19.9. The maximum Gasteiger partial charge on any atom is 0.435 e.